The van der Waals surface area contributed by atoms with E-state index in [2.05, 4.69) is 23.3 Å². The summed E-state index contributed by atoms with van der Waals surface area (Å²) in [6, 6.07) is 0.820. The average molecular weight is 401 g/mol. The Hall–Kier alpha value is -0.870. The molecule has 2 saturated heterocycles. The zero-order chi connectivity index (χ0) is 20.0. The molecule has 0 N–H and O–H groups in total. The molecule has 29 heavy (non-hydrogen) atoms. The second-order valence-corrected chi connectivity index (χ2v) is 11.0. The highest BCUT2D eigenvalue weighted by atomic mass is 16.6. The van der Waals surface area contributed by atoms with Crippen molar-refractivity contribution in [1.82, 2.24) is 9.80 Å². The smallest absolute Gasteiger partial charge is 0.310 e. The lowest BCUT2D eigenvalue weighted by atomic mass is 9.55. The average Bonchev–Trinajstić information content (AvgIpc) is 3.01. The monoisotopic (exact) mass is 400 g/mol. The van der Waals surface area contributed by atoms with Crippen LogP contribution in [0.1, 0.15) is 71.1 Å². The molecule has 0 aromatic heterocycles. The van der Waals surface area contributed by atoms with Crippen LogP contribution in [0, 0.1) is 23.2 Å². The van der Waals surface area contributed by atoms with Gasteiger partial charge in [0.2, 0.25) is 0 Å². The van der Waals surface area contributed by atoms with Crippen LogP contribution in [-0.4, -0.2) is 60.6 Å². The van der Waals surface area contributed by atoms with Gasteiger partial charge in [0.1, 0.15) is 6.10 Å². The number of hydrogen-bond donors (Lipinski definition) is 0. The number of carbonyl (C=O) groups excluding carboxylic acids is 1. The molecule has 3 saturated carbocycles. The first-order chi connectivity index (χ1) is 14.0. The van der Waals surface area contributed by atoms with E-state index in [1.165, 1.54) is 70.0 Å². The molecule has 2 heterocycles. The molecule has 5 rings (SSSR count). The second-order valence-electron chi connectivity index (χ2n) is 11.0. The molecule has 162 valence electrons. The van der Waals surface area contributed by atoms with Crippen molar-refractivity contribution in [3.63, 3.8) is 0 Å². The Bertz CT molecular complexity index is 635. The Balaban J connectivity index is 1.20. The third kappa shape index (κ3) is 3.80. The van der Waals surface area contributed by atoms with Crippen LogP contribution >= 0.6 is 0 Å². The lowest BCUT2D eigenvalue weighted by molar-refractivity contribution is -0.146. The summed E-state index contributed by atoms with van der Waals surface area (Å²) >= 11 is 0. The zero-order valence-corrected chi connectivity index (χ0v) is 18.4. The predicted molar refractivity (Wildman–Crippen MR) is 116 cm³/mol. The molecule has 5 aliphatic rings. The number of piperazine rings is 1. The van der Waals surface area contributed by atoms with Crippen LogP contribution in [0.4, 0.5) is 0 Å². The fraction of sp³-hybridized carbons (Fsp3) is 0.880. The van der Waals surface area contributed by atoms with Crippen molar-refractivity contribution >= 4 is 5.97 Å². The molecule has 0 aromatic rings. The molecule has 2 aliphatic heterocycles. The number of ether oxygens (including phenoxy) is 1. The highest BCUT2D eigenvalue weighted by Gasteiger charge is 2.55. The molecule has 2 unspecified atom stereocenters. The molecule has 5 fully saturated rings. The number of fused-ring (bicyclic) bond motifs is 2. The third-order valence-electron chi connectivity index (χ3n) is 9.27. The van der Waals surface area contributed by atoms with Gasteiger partial charge in [-0.05, 0) is 56.3 Å². The van der Waals surface area contributed by atoms with Crippen molar-refractivity contribution in [2.75, 3.05) is 32.7 Å². The van der Waals surface area contributed by atoms with Crippen LogP contribution < -0.4 is 0 Å². The first-order valence-electron chi connectivity index (χ1n) is 12.4. The van der Waals surface area contributed by atoms with Crippen LogP contribution in [0.5, 0.6) is 0 Å². The van der Waals surface area contributed by atoms with E-state index in [1.807, 2.05) is 0 Å². The highest BCUT2D eigenvalue weighted by molar-refractivity contribution is 5.75. The molecular formula is C25H40N2O2. The van der Waals surface area contributed by atoms with Crippen molar-refractivity contribution in [3.8, 4) is 0 Å². The van der Waals surface area contributed by atoms with E-state index in [-0.39, 0.29) is 18.0 Å². The minimum absolute atomic E-state index is 0.0838. The molecule has 5 atom stereocenters. The minimum Gasteiger partial charge on any atom is -0.462 e. The van der Waals surface area contributed by atoms with Crippen molar-refractivity contribution < 1.29 is 9.53 Å². The van der Waals surface area contributed by atoms with Crippen LogP contribution in [0.15, 0.2) is 12.2 Å². The SMILES string of the molecule is C=C1CCC[C@]2(C)C[C@H]3OC(=O)C(CN4CCN(C5CCCCC5)CC4)[C@H]3CC12. The van der Waals surface area contributed by atoms with Gasteiger partial charge in [0.05, 0.1) is 5.92 Å². The number of carbonyl (C=O) groups is 1. The van der Waals surface area contributed by atoms with Crippen molar-refractivity contribution in [2.45, 2.75) is 83.3 Å². The highest BCUT2D eigenvalue weighted by Crippen LogP contribution is 2.56. The first-order valence-corrected chi connectivity index (χ1v) is 12.4. The summed E-state index contributed by atoms with van der Waals surface area (Å²) in [5.74, 6) is 1.17. The van der Waals surface area contributed by atoms with Gasteiger partial charge in [0, 0.05) is 44.7 Å². The maximum absolute atomic E-state index is 12.8. The molecule has 4 nitrogen and oxygen atoms in total. The molecule has 0 amide bonds. The van der Waals surface area contributed by atoms with Gasteiger partial charge < -0.3 is 4.74 Å². The summed E-state index contributed by atoms with van der Waals surface area (Å²) < 4.78 is 5.98. The largest absolute Gasteiger partial charge is 0.462 e. The Morgan fingerprint density at radius 1 is 1.10 bits per heavy atom. The number of nitrogens with zero attached hydrogens (tertiary/aromatic N) is 2. The predicted octanol–water partition coefficient (Wildman–Crippen LogP) is 4.25. The summed E-state index contributed by atoms with van der Waals surface area (Å²) in [6.07, 6.45) is 13.1. The molecular weight excluding hydrogens is 360 g/mol. The number of esters is 1. The molecule has 3 aliphatic carbocycles. The molecule has 0 aromatic carbocycles. The quantitative estimate of drug-likeness (QED) is 0.524. The fourth-order valence-corrected chi connectivity index (χ4v) is 7.50. The van der Waals surface area contributed by atoms with Crippen LogP contribution in [0.2, 0.25) is 0 Å². The van der Waals surface area contributed by atoms with Crippen LogP contribution in [-0.2, 0) is 9.53 Å². The Morgan fingerprint density at radius 3 is 2.62 bits per heavy atom. The summed E-state index contributed by atoms with van der Waals surface area (Å²) in [6.45, 7) is 12.4. The third-order valence-corrected chi connectivity index (χ3v) is 9.27. The summed E-state index contributed by atoms with van der Waals surface area (Å²) in [5, 5.41) is 0. The van der Waals surface area contributed by atoms with Gasteiger partial charge in [-0.25, -0.2) is 0 Å². The topological polar surface area (TPSA) is 32.8 Å². The normalized spacial score (nSPS) is 42.4. The standard InChI is InChI=1S/C25H40N2O2/c1-18-7-6-10-25(2)16-23-20(15-22(18)25)21(24(28)29-23)17-26-11-13-27(14-12-26)19-8-4-3-5-9-19/h19-23H,1,3-17H2,2H3/t20-,21?,22?,23-,25-/m1/s1. The minimum atomic E-state index is 0.0838. The Labute approximate surface area is 177 Å². The molecule has 0 spiro atoms. The molecule has 4 heteroatoms. The van der Waals surface area contributed by atoms with Crippen molar-refractivity contribution in [3.05, 3.63) is 12.2 Å². The second kappa shape index (κ2) is 8.00. The van der Waals surface area contributed by atoms with E-state index >= 15 is 0 Å². The van der Waals surface area contributed by atoms with Gasteiger partial charge in [-0.2, -0.15) is 0 Å². The Morgan fingerprint density at radius 2 is 1.86 bits per heavy atom. The van der Waals surface area contributed by atoms with Gasteiger partial charge in [0.15, 0.2) is 0 Å². The Kier molecular flexibility index (Phi) is 5.53. The van der Waals surface area contributed by atoms with E-state index < -0.39 is 0 Å². The number of rotatable bonds is 3. The van der Waals surface area contributed by atoms with E-state index in [0.717, 1.165) is 38.5 Å². The van der Waals surface area contributed by atoms with E-state index in [4.69, 9.17) is 4.74 Å². The summed E-state index contributed by atoms with van der Waals surface area (Å²) in [5.41, 5.74) is 1.74. The zero-order valence-electron chi connectivity index (χ0n) is 18.4. The van der Waals surface area contributed by atoms with Gasteiger partial charge >= 0.3 is 5.97 Å². The maximum atomic E-state index is 12.8. The van der Waals surface area contributed by atoms with Gasteiger partial charge in [0.25, 0.3) is 0 Å². The van der Waals surface area contributed by atoms with E-state index in [1.54, 1.807) is 0 Å². The summed E-state index contributed by atoms with van der Waals surface area (Å²) in [4.78, 5) is 18.1. The van der Waals surface area contributed by atoms with E-state index in [0.29, 0.717) is 17.3 Å². The van der Waals surface area contributed by atoms with Crippen LogP contribution in [0.3, 0.4) is 0 Å². The molecule has 0 radical (unpaired) electrons. The van der Waals surface area contributed by atoms with Gasteiger partial charge in [-0.1, -0.05) is 38.3 Å². The summed E-state index contributed by atoms with van der Waals surface area (Å²) in [7, 11) is 0. The number of hydrogen-bond acceptors (Lipinski definition) is 4. The number of allylic oxidation sites excluding steroid dienone is 1. The first kappa shape index (κ1) is 20.1. The lowest BCUT2D eigenvalue weighted by Crippen LogP contribution is -2.52. The van der Waals surface area contributed by atoms with Crippen molar-refractivity contribution in [1.29, 1.82) is 0 Å². The van der Waals surface area contributed by atoms with Gasteiger partial charge in [-0.3, -0.25) is 14.6 Å². The van der Waals surface area contributed by atoms with Crippen LogP contribution in [0.25, 0.3) is 0 Å². The van der Waals surface area contributed by atoms with Crippen molar-refractivity contribution in [2.24, 2.45) is 23.2 Å². The maximum Gasteiger partial charge on any atom is 0.310 e. The molecule has 0 bridgehead atoms. The fourth-order valence-electron chi connectivity index (χ4n) is 7.50. The lowest BCUT2D eigenvalue weighted by Gasteiger charge is -2.50. The van der Waals surface area contributed by atoms with E-state index in [9.17, 15) is 4.79 Å². The van der Waals surface area contributed by atoms with Gasteiger partial charge in [-0.15, -0.1) is 0 Å².